The van der Waals surface area contributed by atoms with Crippen molar-refractivity contribution >= 4 is 21.4 Å². The first kappa shape index (κ1) is 11.3. The molecule has 1 aromatic carbocycles. The lowest BCUT2D eigenvalue weighted by Crippen LogP contribution is -2.02. The molecule has 0 aliphatic carbocycles. The van der Waals surface area contributed by atoms with Gasteiger partial charge in [-0.1, -0.05) is 18.2 Å². The van der Waals surface area contributed by atoms with Crippen molar-refractivity contribution in [3.63, 3.8) is 0 Å². The van der Waals surface area contributed by atoms with Gasteiger partial charge in [-0.15, -0.1) is 11.3 Å². The van der Waals surface area contributed by atoms with Crippen molar-refractivity contribution in [1.82, 2.24) is 9.97 Å². The van der Waals surface area contributed by atoms with E-state index in [9.17, 15) is 5.11 Å². The monoisotopic (exact) mass is 256 g/mol. The molecular formula is C14H12N2OS. The fraction of sp³-hybridized carbons (Fsp3) is 0.143. The Morgan fingerprint density at radius 3 is 2.78 bits per heavy atom. The van der Waals surface area contributed by atoms with E-state index < -0.39 is 6.10 Å². The molecule has 0 aliphatic rings. The second-order valence-corrected chi connectivity index (χ2v) is 5.06. The maximum Gasteiger partial charge on any atom is 0.115 e. The number of fused-ring (bicyclic) bond motifs is 1. The molecule has 1 unspecified atom stereocenters. The number of nitrogens with zero attached hydrogens (tertiary/aromatic N) is 2. The van der Waals surface area contributed by atoms with Crippen molar-refractivity contribution < 1.29 is 5.11 Å². The van der Waals surface area contributed by atoms with Crippen LogP contribution in [0.4, 0.5) is 0 Å². The molecule has 3 nitrogen and oxygen atoms in total. The third-order valence-electron chi connectivity index (χ3n) is 2.94. The third kappa shape index (κ3) is 2.12. The number of aromatic nitrogens is 2. The van der Waals surface area contributed by atoms with E-state index in [1.807, 2.05) is 12.1 Å². The summed E-state index contributed by atoms with van der Waals surface area (Å²) in [5.41, 5.74) is 1.93. The SMILES string of the molecule is OC(Cc1csc2ccccc12)c1cncnc1. The highest BCUT2D eigenvalue weighted by Gasteiger charge is 2.12. The van der Waals surface area contributed by atoms with Crippen LogP contribution in [0.15, 0.2) is 48.4 Å². The first-order valence-corrected chi connectivity index (χ1v) is 6.60. The maximum absolute atomic E-state index is 10.2. The van der Waals surface area contributed by atoms with Gasteiger partial charge >= 0.3 is 0 Å². The second kappa shape index (κ2) is 4.84. The van der Waals surface area contributed by atoms with Gasteiger partial charge in [-0.25, -0.2) is 9.97 Å². The van der Waals surface area contributed by atoms with Crippen molar-refractivity contribution in [3.8, 4) is 0 Å². The van der Waals surface area contributed by atoms with Crippen LogP contribution in [0.25, 0.3) is 10.1 Å². The predicted octanol–water partition coefficient (Wildman–Crippen LogP) is 2.97. The van der Waals surface area contributed by atoms with E-state index in [0.717, 1.165) is 5.56 Å². The Balaban J connectivity index is 1.89. The van der Waals surface area contributed by atoms with E-state index in [1.54, 1.807) is 23.7 Å². The molecule has 4 heteroatoms. The minimum Gasteiger partial charge on any atom is -0.388 e. The molecule has 1 atom stereocenters. The van der Waals surface area contributed by atoms with Crippen LogP contribution in [0.5, 0.6) is 0 Å². The van der Waals surface area contributed by atoms with Crippen LogP contribution in [-0.4, -0.2) is 15.1 Å². The molecule has 2 heterocycles. The molecule has 0 fully saturated rings. The first-order valence-electron chi connectivity index (χ1n) is 5.72. The smallest absolute Gasteiger partial charge is 0.115 e. The molecule has 90 valence electrons. The zero-order chi connectivity index (χ0) is 12.4. The summed E-state index contributed by atoms with van der Waals surface area (Å²) in [5.74, 6) is 0. The average molecular weight is 256 g/mol. The van der Waals surface area contributed by atoms with Gasteiger partial charge < -0.3 is 5.11 Å². The van der Waals surface area contributed by atoms with Crippen LogP contribution in [0.1, 0.15) is 17.2 Å². The molecule has 3 aromatic rings. The molecule has 0 saturated carbocycles. The zero-order valence-corrected chi connectivity index (χ0v) is 10.5. The molecule has 0 amide bonds. The van der Waals surface area contributed by atoms with Gasteiger partial charge in [0.15, 0.2) is 0 Å². The Labute approximate surface area is 109 Å². The lowest BCUT2D eigenvalue weighted by molar-refractivity contribution is 0.178. The second-order valence-electron chi connectivity index (χ2n) is 4.15. The lowest BCUT2D eigenvalue weighted by Gasteiger charge is -2.09. The highest BCUT2D eigenvalue weighted by molar-refractivity contribution is 7.17. The number of aliphatic hydroxyl groups is 1. The van der Waals surface area contributed by atoms with E-state index in [2.05, 4.69) is 27.5 Å². The minimum atomic E-state index is -0.552. The van der Waals surface area contributed by atoms with Gasteiger partial charge in [-0.05, 0) is 22.4 Å². The van der Waals surface area contributed by atoms with Gasteiger partial charge in [0.25, 0.3) is 0 Å². The van der Waals surface area contributed by atoms with Gasteiger partial charge in [0.2, 0.25) is 0 Å². The summed E-state index contributed by atoms with van der Waals surface area (Å²) >= 11 is 1.71. The van der Waals surface area contributed by atoms with Crippen LogP contribution >= 0.6 is 11.3 Å². The van der Waals surface area contributed by atoms with Crippen LogP contribution < -0.4 is 0 Å². The van der Waals surface area contributed by atoms with E-state index in [4.69, 9.17) is 0 Å². The van der Waals surface area contributed by atoms with E-state index >= 15 is 0 Å². The molecule has 3 rings (SSSR count). The molecule has 1 N–H and O–H groups in total. The molecule has 2 aromatic heterocycles. The molecule has 0 bridgehead atoms. The third-order valence-corrected chi connectivity index (χ3v) is 3.95. The van der Waals surface area contributed by atoms with E-state index in [1.165, 1.54) is 22.0 Å². The Morgan fingerprint density at radius 2 is 1.94 bits per heavy atom. The fourth-order valence-electron chi connectivity index (χ4n) is 2.00. The van der Waals surface area contributed by atoms with Crippen molar-refractivity contribution in [2.75, 3.05) is 0 Å². The molecule has 0 spiro atoms. The Hall–Kier alpha value is -1.78. The minimum absolute atomic E-state index is 0.552. The predicted molar refractivity (Wildman–Crippen MR) is 72.5 cm³/mol. The zero-order valence-electron chi connectivity index (χ0n) is 9.65. The number of hydrogen-bond donors (Lipinski definition) is 1. The topological polar surface area (TPSA) is 46.0 Å². The molecule has 0 aliphatic heterocycles. The molecule has 18 heavy (non-hydrogen) atoms. The quantitative estimate of drug-likeness (QED) is 0.783. The first-order chi connectivity index (χ1) is 8.84. The summed E-state index contributed by atoms with van der Waals surface area (Å²) in [5, 5.41) is 13.5. The van der Waals surface area contributed by atoms with Gasteiger partial charge in [-0.2, -0.15) is 0 Å². The van der Waals surface area contributed by atoms with Crippen molar-refractivity contribution in [1.29, 1.82) is 0 Å². The molecule has 0 radical (unpaired) electrons. The van der Waals surface area contributed by atoms with Gasteiger partial charge in [0, 0.05) is 29.1 Å². The standard InChI is InChI=1S/C14H12N2OS/c17-13(11-6-15-9-16-7-11)5-10-8-18-14-4-2-1-3-12(10)14/h1-4,6-9,13,17H,5H2. The summed E-state index contributed by atoms with van der Waals surface area (Å²) in [6.45, 7) is 0. The van der Waals surface area contributed by atoms with E-state index in [0.29, 0.717) is 6.42 Å². The van der Waals surface area contributed by atoms with Crippen molar-refractivity contribution in [2.45, 2.75) is 12.5 Å². The van der Waals surface area contributed by atoms with Crippen LogP contribution in [0.2, 0.25) is 0 Å². The number of rotatable bonds is 3. The average Bonchev–Trinajstić information content (AvgIpc) is 2.83. The number of aliphatic hydroxyl groups excluding tert-OH is 1. The number of hydrogen-bond acceptors (Lipinski definition) is 4. The summed E-state index contributed by atoms with van der Waals surface area (Å²) in [4.78, 5) is 7.86. The maximum atomic E-state index is 10.2. The highest BCUT2D eigenvalue weighted by Crippen LogP contribution is 2.29. The Bertz CT molecular complexity index is 651. The largest absolute Gasteiger partial charge is 0.388 e. The Kier molecular flexibility index (Phi) is 3.04. The number of benzene rings is 1. The highest BCUT2D eigenvalue weighted by atomic mass is 32.1. The van der Waals surface area contributed by atoms with Crippen molar-refractivity contribution in [3.05, 3.63) is 59.5 Å². The Morgan fingerprint density at radius 1 is 1.17 bits per heavy atom. The van der Waals surface area contributed by atoms with Crippen molar-refractivity contribution in [2.24, 2.45) is 0 Å². The van der Waals surface area contributed by atoms with Gasteiger partial charge in [0.05, 0.1) is 6.10 Å². The summed E-state index contributed by atoms with van der Waals surface area (Å²) in [7, 11) is 0. The van der Waals surface area contributed by atoms with Gasteiger partial charge in [0.1, 0.15) is 6.33 Å². The van der Waals surface area contributed by atoms with E-state index in [-0.39, 0.29) is 0 Å². The van der Waals surface area contributed by atoms with Crippen LogP contribution in [0.3, 0.4) is 0 Å². The normalized spacial score (nSPS) is 12.7. The molecule has 0 saturated heterocycles. The van der Waals surface area contributed by atoms with Crippen LogP contribution in [0, 0.1) is 0 Å². The summed E-state index contributed by atoms with van der Waals surface area (Å²) in [6, 6.07) is 8.25. The fourth-order valence-corrected chi connectivity index (χ4v) is 2.98. The summed E-state index contributed by atoms with van der Waals surface area (Å²) < 4.78 is 1.25. The lowest BCUT2D eigenvalue weighted by atomic mass is 10.0. The summed E-state index contributed by atoms with van der Waals surface area (Å²) in [6.07, 6.45) is 4.83. The van der Waals surface area contributed by atoms with Gasteiger partial charge in [-0.3, -0.25) is 0 Å². The molecular weight excluding hydrogens is 244 g/mol. The van der Waals surface area contributed by atoms with Crippen LogP contribution in [-0.2, 0) is 6.42 Å². The number of thiophene rings is 1.